The molecule has 1 atom stereocenters. The first kappa shape index (κ1) is 34.7. The van der Waals surface area contributed by atoms with Gasteiger partial charge in [-0.25, -0.2) is 4.98 Å². The van der Waals surface area contributed by atoms with Crippen LogP contribution in [0, 0.1) is 0 Å². The number of rotatable bonds is 11. The number of anilines is 1. The van der Waals surface area contributed by atoms with E-state index < -0.39 is 5.97 Å². The van der Waals surface area contributed by atoms with Crippen LogP contribution >= 0.6 is 11.6 Å². The average Bonchev–Trinajstić information content (AvgIpc) is 3.66. The van der Waals surface area contributed by atoms with Gasteiger partial charge in [0.25, 0.3) is 0 Å². The number of pyridine rings is 1. The molecule has 0 radical (unpaired) electrons. The number of carbonyl (C=O) groups excluding carboxylic acids is 2. The molecule has 8 rings (SSSR count). The van der Waals surface area contributed by atoms with Gasteiger partial charge in [0.2, 0.25) is 5.91 Å². The summed E-state index contributed by atoms with van der Waals surface area (Å²) in [4.78, 5) is 35.0. The van der Waals surface area contributed by atoms with Crippen molar-refractivity contribution >= 4 is 83.3 Å². The van der Waals surface area contributed by atoms with E-state index in [1.54, 1.807) is 25.7 Å². The van der Waals surface area contributed by atoms with Crippen molar-refractivity contribution in [3.05, 3.63) is 96.4 Å². The lowest BCUT2D eigenvalue weighted by atomic mass is 9.99. The number of piperazine rings is 1. The highest BCUT2D eigenvalue weighted by molar-refractivity contribution is 6.31. The largest absolute Gasteiger partial charge is 0.497 e. The quantitative estimate of drug-likeness (QED) is 0.0610. The third-order valence-corrected chi connectivity index (χ3v) is 10.6. The van der Waals surface area contributed by atoms with Crippen molar-refractivity contribution in [3.63, 3.8) is 0 Å². The molecule has 1 saturated heterocycles. The molecule has 3 heterocycles. The number of hydrogen-bond donors (Lipinski definition) is 1. The minimum atomic E-state index is -0.410. The molecule has 0 bridgehead atoms. The molecule has 9 nitrogen and oxygen atoms in total. The first-order chi connectivity index (χ1) is 25.8. The third-order valence-electron chi connectivity index (χ3n) is 10.4. The molecule has 1 aliphatic heterocycles. The Balaban J connectivity index is 0.805. The molecule has 1 unspecified atom stereocenters. The van der Waals surface area contributed by atoms with Crippen molar-refractivity contribution in [2.75, 3.05) is 45.2 Å². The van der Waals surface area contributed by atoms with Crippen molar-refractivity contribution in [3.8, 4) is 11.5 Å². The van der Waals surface area contributed by atoms with Gasteiger partial charge in [0.1, 0.15) is 11.5 Å². The summed E-state index contributed by atoms with van der Waals surface area (Å²) in [5.74, 6) is 0.837. The van der Waals surface area contributed by atoms with E-state index in [0.29, 0.717) is 23.9 Å². The monoisotopic (exact) mass is 728 g/mol. The van der Waals surface area contributed by atoms with Gasteiger partial charge >= 0.3 is 5.97 Å². The summed E-state index contributed by atoms with van der Waals surface area (Å²) in [7, 11) is 1.67. The van der Waals surface area contributed by atoms with Crippen molar-refractivity contribution in [2.45, 2.75) is 38.6 Å². The Bertz CT molecular complexity index is 2490. The number of hydrogen-bond acceptors (Lipinski definition) is 8. The zero-order valence-electron chi connectivity index (χ0n) is 29.9. The molecule has 10 heteroatoms. The molecular weight excluding hydrogens is 688 g/mol. The van der Waals surface area contributed by atoms with E-state index in [-0.39, 0.29) is 24.8 Å². The van der Waals surface area contributed by atoms with Crippen LogP contribution in [-0.2, 0) is 9.59 Å². The Morgan fingerprint density at radius 1 is 0.792 bits per heavy atom. The molecule has 1 N–H and O–H groups in total. The fraction of sp³-hybridized carbons (Fsp3) is 0.279. The summed E-state index contributed by atoms with van der Waals surface area (Å²) in [6.45, 7) is 6.10. The van der Waals surface area contributed by atoms with Crippen molar-refractivity contribution in [1.29, 1.82) is 0 Å². The third kappa shape index (κ3) is 7.32. The maximum absolute atomic E-state index is 13.1. The first-order valence-electron chi connectivity index (χ1n) is 18.2. The molecule has 53 heavy (non-hydrogen) atoms. The maximum Gasteiger partial charge on any atom is 0.311 e. The molecule has 7 aromatic rings. The molecule has 270 valence electrons. The number of furan rings is 1. The zero-order chi connectivity index (χ0) is 36.5. The highest BCUT2D eigenvalue weighted by Crippen LogP contribution is 2.36. The van der Waals surface area contributed by atoms with E-state index in [0.717, 1.165) is 98.0 Å². The van der Waals surface area contributed by atoms with Gasteiger partial charge < -0.3 is 24.1 Å². The minimum Gasteiger partial charge on any atom is -0.497 e. The summed E-state index contributed by atoms with van der Waals surface area (Å²) in [5, 5.41) is 12.8. The molecular formula is C43H41ClN4O5. The van der Waals surface area contributed by atoms with Crippen LogP contribution in [0.2, 0.25) is 5.02 Å². The molecule has 1 amide bonds. The number of fused-ring (bicyclic) bond motifs is 7. The normalized spacial score (nSPS) is 14.4. The standard InChI is InChI=1S/C43H41ClN4O5/c1-27(45-43-35-13-8-30(44)22-40(35)46-39-14-10-31(51-2)23-37(39)43)4-3-17-47-18-20-48(21-19-47)41(49)15-16-42(50)53-32-9-5-28-6-11-34-33(36(28)24-32)12-7-29-25-52-26-38(29)34/h5-14,22-27H,3-4,15-21H2,1-2H3,(H,45,46). The summed E-state index contributed by atoms with van der Waals surface area (Å²) in [5.41, 5.74) is 2.77. The minimum absolute atomic E-state index is 0.0113. The van der Waals surface area contributed by atoms with Crippen LogP contribution in [0.15, 0.2) is 95.8 Å². The number of ether oxygens (including phenoxy) is 2. The Kier molecular flexibility index (Phi) is 9.77. The van der Waals surface area contributed by atoms with Crippen molar-refractivity contribution < 1.29 is 23.5 Å². The lowest BCUT2D eigenvalue weighted by molar-refractivity contribution is -0.139. The van der Waals surface area contributed by atoms with Crippen LogP contribution in [-0.4, -0.2) is 72.5 Å². The summed E-state index contributed by atoms with van der Waals surface area (Å²) in [6, 6.07) is 25.9. The van der Waals surface area contributed by atoms with Crippen LogP contribution in [0.5, 0.6) is 11.5 Å². The molecule has 0 spiro atoms. The number of esters is 1. The number of methoxy groups -OCH3 is 1. The van der Waals surface area contributed by atoms with E-state index in [9.17, 15) is 9.59 Å². The number of nitrogens with one attached hydrogen (secondary N) is 1. The second kappa shape index (κ2) is 14.9. The van der Waals surface area contributed by atoms with Gasteiger partial charge in [-0.15, -0.1) is 0 Å². The van der Waals surface area contributed by atoms with Crippen LogP contribution < -0.4 is 14.8 Å². The summed E-state index contributed by atoms with van der Waals surface area (Å²) in [6.07, 6.45) is 5.66. The number of halogens is 1. The Morgan fingerprint density at radius 2 is 1.53 bits per heavy atom. The van der Waals surface area contributed by atoms with Gasteiger partial charge in [-0.2, -0.15) is 0 Å². The van der Waals surface area contributed by atoms with Gasteiger partial charge in [0, 0.05) is 65.2 Å². The van der Waals surface area contributed by atoms with E-state index >= 15 is 0 Å². The number of nitrogens with zero attached hydrogens (tertiary/aromatic N) is 3. The Morgan fingerprint density at radius 3 is 2.36 bits per heavy atom. The van der Waals surface area contributed by atoms with Crippen molar-refractivity contribution in [2.24, 2.45) is 0 Å². The molecule has 2 aromatic heterocycles. The van der Waals surface area contributed by atoms with E-state index in [4.69, 9.17) is 30.5 Å². The predicted molar refractivity (Wildman–Crippen MR) is 212 cm³/mol. The predicted octanol–water partition coefficient (Wildman–Crippen LogP) is 9.21. The van der Waals surface area contributed by atoms with Crippen LogP contribution in [0.3, 0.4) is 0 Å². The van der Waals surface area contributed by atoms with Crippen molar-refractivity contribution in [1.82, 2.24) is 14.8 Å². The maximum atomic E-state index is 13.1. The van der Waals surface area contributed by atoms with E-state index in [1.165, 1.54) is 0 Å². The molecule has 5 aromatic carbocycles. The van der Waals surface area contributed by atoms with Gasteiger partial charge in [0.05, 0.1) is 42.8 Å². The summed E-state index contributed by atoms with van der Waals surface area (Å²) >= 11 is 6.31. The second-order valence-electron chi connectivity index (χ2n) is 13.9. The smallest absolute Gasteiger partial charge is 0.311 e. The number of amides is 1. The fourth-order valence-corrected chi connectivity index (χ4v) is 7.68. The molecule has 1 aliphatic rings. The second-order valence-corrected chi connectivity index (χ2v) is 14.3. The highest BCUT2D eigenvalue weighted by Gasteiger charge is 2.22. The number of carbonyl (C=O) groups is 2. The van der Waals surface area contributed by atoms with E-state index in [2.05, 4.69) is 35.3 Å². The Hall–Kier alpha value is -5.38. The van der Waals surface area contributed by atoms with E-state index in [1.807, 2.05) is 59.5 Å². The van der Waals surface area contributed by atoms with Gasteiger partial charge in [-0.3, -0.25) is 14.5 Å². The fourth-order valence-electron chi connectivity index (χ4n) is 7.52. The average molecular weight is 729 g/mol. The molecule has 0 saturated carbocycles. The lowest BCUT2D eigenvalue weighted by Gasteiger charge is -2.35. The SMILES string of the molecule is COc1ccc2nc3cc(Cl)ccc3c(NC(C)CCCN3CCN(C(=O)CCC(=O)Oc4ccc5ccc6c7cocc7ccc6c5c4)CC3)c2c1. The van der Waals surface area contributed by atoms with Crippen LogP contribution in [0.1, 0.15) is 32.6 Å². The number of benzene rings is 5. The summed E-state index contributed by atoms with van der Waals surface area (Å²) < 4.78 is 16.6. The van der Waals surface area contributed by atoms with Gasteiger partial charge in [-0.05, 0) is 96.4 Å². The van der Waals surface area contributed by atoms with Gasteiger partial charge in [0.15, 0.2) is 0 Å². The van der Waals surface area contributed by atoms with Crippen LogP contribution in [0.25, 0.3) is 54.1 Å². The highest BCUT2D eigenvalue weighted by atomic mass is 35.5. The lowest BCUT2D eigenvalue weighted by Crippen LogP contribution is -2.49. The topological polar surface area (TPSA) is 97.1 Å². The molecule has 1 fully saturated rings. The first-order valence-corrected chi connectivity index (χ1v) is 18.6. The zero-order valence-corrected chi connectivity index (χ0v) is 30.6. The number of aromatic nitrogens is 1. The van der Waals surface area contributed by atoms with Gasteiger partial charge in [-0.1, -0.05) is 41.9 Å². The molecule has 0 aliphatic carbocycles. The van der Waals surface area contributed by atoms with Crippen LogP contribution in [0.4, 0.5) is 5.69 Å². The Labute approximate surface area is 312 Å².